The van der Waals surface area contributed by atoms with Crippen LogP contribution >= 0.6 is 0 Å². The number of aromatic amines is 1. The Kier molecular flexibility index (Phi) is 3.06. The lowest BCUT2D eigenvalue weighted by Gasteiger charge is -2.08. The molecule has 0 atom stereocenters. The number of H-pyrrole nitrogens is 1. The zero-order valence-corrected chi connectivity index (χ0v) is 9.10. The average molecular weight is 231 g/mol. The van der Waals surface area contributed by atoms with Crippen molar-refractivity contribution < 1.29 is 0 Å². The molecule has 0 saturated carbocycles. The smallest absolute Gasteiger partial charge is 0.276 e. The number of benzene rings is 1. The van der Waals surface area contributed by atoms with E-state index in [0.717, 1.165) is 11.3 Å². The number of rotatable bonds is 3. The van der Waals surface area contributed by atoms with Crippen molar-refractivity contribution in [1.82, 2.24) is 9.97 Å². The minimum Gasteiger partial charge on any atom is -0.391 e. The Morgan fingerprint density at radius 3 is 3.00 bits per heavy atom. The van der Waals surface area contributed by atoms with Crippen molar-refractivity contribution in [2.24, 2.45) is 5.73 Å². The highest BCUT2D eigenvalue weighted by atomic mass is 16.1. The summed E-state index contributed by atoms with van der Waals surface area (Å²) in [5.74, 6) is 0.336. The monoisotopic (exact) mass is 231 g/mol. The fourth-order valence-electron chi connectivity index (χ4n) is 1.42. The van der Waals surface area contributed by atoms with Gasteiger partial charge in [0.1, 0.15) is 5.69 Å². The van der Waals surface area contributed by atoms with Gasteiger partial charge in [0, 0.05) is 12.2 Å². The minimum absolute atomic E-state index is 0.0608. The summed E-state index contributed by atoms with van der Waals surface area (Å²) in [6, 6.07) is 7.51. The van der Waals surface area contributed by atoms with E-state index in [2.05, 4.69) is 15.3 Å². The number of aromatic nitrogens is 2. The molecule has 1 aromatic carbocycles. The van der Waals surface area contributed by atoms with Crippen LogP contribution in [0.2, 0.25) is 0 Å². The summed E-state index contributed by atoms with van der Waals surface area (Å²) in [4.78, 5) is 17.6. The first-order valence-corrected chi connectivity index (χ1v) is 5.10. The van der Waals surface area contributed by atoms with Crippen molar-refractivity contribution in [3.05, 3.63) is 46.5 Å². The van der Waals surface area contributed by atoms with E-state index in [1.54, 1.807) is 0 Å². The predicted octanol–water partition coefficient (Wildman–Crippen LogP) is 0.554. The second-order valence-corrected chi connectivity index (χ2v) is 3.52. The summed E-state index contributed by atoms with van der Waals surface area (Å²) in [5.41, 5.74) is 12.6. The van der Waals surface area contributed by atoms with Crippen LogP contribution in [0.5, 0.6) is 0 Å². The zero-order valence-electron chi connectivity index (χ0n) is 9.10. The van der Waals surface area contributed by atoms with Gasteiger partial charge in [-0.25, -0.2) is 4.98 Å². The maximum atomic E-state index is 11.3. The molecule has 0 aliphatic carbocycles. The summed E-state index contributed by atoms with van der Waals surface area (Å²) in [6.45, 7) is 0.452. The molecule has 0 fully saturated rings. The molecule has 0 amide bonds. The first-order chi connectivity index (χ1) is 8.20. The van der Waals surface area contributed by atoms with Crippen molar-refractivity contribution in [1.29, 1.82) is 0 Å². The molecular weight excluding hydrogens is 218 g/mol. The number of hydrogen-bond donors (Lipinski definition) is 4. The maximum absolute atomic E-state index is 11.3. The van der Waals surface area contributed by atoms with E-state index in [1.165, 1.54) is 6.33 Å². The lowest BCUT2D eigenvalue weighted by atomic mass is 10.2. The van der Waals surface area contributed by atoms with Crippen LogP contribution in [0.4, 0.5) is 17.2 Å². The summed E-state index contributed by atoms with van der Waals surface area (Å²) in [7, 11) is 0. The molecule has 0 saturated heterocycles. The Hall–Kier alpha value is -2.34. The van der Waals surface area contributed by atoms with Crippen LogP contribution in [0.3, 0.4) is 0 Å². The third-order valence-electron chi connectivity index (χ3n) is 2.31. The van der Waals surface area contributed by atoms with Crippen molar-refractivity contribution in [3.8, 4) is 0 Å². The summed E-state index contributed by atoms with van der Waals surface area (Å²) >= 11 is 0. The molecule has 6 nitrogen and oxygen atoms in total. The standard InChI is InChI=1S/C11H13N5O/c12-5-7-2-1-3-8(4-7)16-10-9(13)11(17)15-6-14-10/h1-4,6H,5,12-13H2,(H2,14,15,16,17). The molecule has 88 valence electrons. The second-order valence-electron chi connectivity index (χ2n) is 3.52. The van der Waals surface area contributed by atoms with Crippen LogP contribution in [-0.2, 0) is 6.54 Å². The van der Waals surface area contributed by atoms with E-state index >= 15 is 0 Å². The first-order valence-electron chi connectivity index (χ1n) is 5.10. The number of nitrogens with one attached hydrogen (secondary N) is 2. The maximum Gasteiger partial charge on any atom is 0.276 e. The van der Waals surface area contributed by atoms with Gasteiger partial charge in [0.2, 0.25) is 0 Å². The fourth-order valence-corrected chi connectivity index (χ4v) is 1.42. The van der Waals surface area contributed by atoms with E-state index in [-0.39, 0.29) is 11.2 Å². The molecule has 6 heteroatoms. The average Bonchev–Trinajstić information content (AvgIpc) is 2.35. The van der Waals surface area contributed by atoms with Crippen LogP contribution in [-0.4, -0.2) is 9.97 Å². The van der Waals surface area contributed by atoms with Gasteiger partial charge >= 0.3 is 0 Å². The number of anilines is 3. The van der Waals surface area contributed by atoms with Crippen LogP contribution in [0.25, 0.3) is 0 Å². The highest BCUT2D eigenvalue weighted by Gasteiger charge is 2.04. The normalized spacial score (nSPS) is 10.2. The molecule has 0 unspecified atom stereocenters. The SMILES string of the molecule is NCc1cccc(Nc2nc[nH]c(=O)c2N)c1. The molecule has 0 bridgehead atoms. The molecule has 1 aromatic heterocycles. The molecule has 2 rings (SSSR count). The molecule has 0 radical (unpaired) electrons. The Balaban J connectivity index is 2.31. The number of hydrogen-bond acceptors (Lipinski definition) is 5. The molecule has 0 aliphatic rings. The third-order valence-corrected chi connectivity index (χ3v) is 2.31. The third kappa shape index (κ3) is 2.43. The fraction of sp³-hybridized carbons (Fsp3) is 0.0909. The van der Waals surface area contributed by atoms with Gasteiger partial charge in [-0.3, -0.25) is 4.79 Å². The Morgan fingerprint density at radius 2 is 2.24 bits per heavy atom. The molecule has 1 heterocycles. The quantitative estimate of drug-likeness (QED) is 0.616. The van der Waals surface area contributed by atoms with Gasteiger partial charge < -0.3 is 21.8 Å². The van der Waals surface area contributed by atoms with E-state index in [0.29, 0.717) is 12.4 Å². The largest absolute Gasteiger partial charge is 0.391 e. The van der Waals surface area contributed by atoms with Crippen LogP contribution in [0.15, 0.2) is 35.4 Å². The highest BCUT2D eigenvalue weighted by molar-refractivity contribution is 5.67. The first kappa shape index (κ1) is 11.2. The van der Waals surface area contributed by atoms with Gasteiger partial charge in [0.05, 0.1) is 6.33 Å². The van der Waals surface area contributed by atoms with Crippen molar-refractivity contribution in [3.63, 3.8) is 0 Å². The van der Waals surface area contributed by atoms with E-state index < -0.39 is 0 Å². The van der Waals surface area contributed by atoms with Crippen molar-refractivity contribution >= 4 is 17.2 Å². The summed E-state index contributed by atoms with van der Waals surface area (Å²) < 4.78 is 0. The van der Waals surface area contributed by atoms with Crippen LogP contribution < -0.4 is 22.3 Å². The number of nitrogen functional groups attached to an aromatic ring is 1. The predicted molar refractivity (Wildman–Crippen MR) is 66.9 cm³/mol. The van der Waals surface area contributed by atoms with Gasteiger partial charge in [0.15, 0.2) is 5.82 Å². The van der Waals surface area contributed by atoms with Gasteiger partial charge in [-0.05, 0) is 17.7 Å². The molecular formula is C11H13N5O. The summed E-state index contributed by atoms with van der Waals surface area (Å²) in [5, 5.41) is 2.98. The lowest BCUT2D eigenvalue weighted by Crippen LogP contribution is -2.14. The van der Waals surface area contributed by atoms with Gasteiger partial charge in [-0.15, -0.1) is 0 Å². The van der Waals surface area contributed by atoms with Gasteiger partial charge in [-0.2, -0.15) is 0 Å². The molecule has 2 aromatic rings. The van der Waals surface area contributed by atoms with Crippen LogP contribution in [0.1, 0.15) is 5.56 Å². The summed E-state index contributed by atoms with van der Waals surface area (Å²) in [6.07, 6.45) is 1.30. The Bertz CT molecular complexity index is 578. The Labute approximate surface area is 97.7 Å². The van der Waals surface area contributed by atoms with Gasteiger partial charge in [-0.1, -0.05) is 12.1 Å². The van der Waals surface area contributed by atoms with E-state index in [1.807, 2.05) is 24.3 Å². The van der Waals surface area contributed by atoms with Crippen LogP contribution in [0, 0.1) is 0 Å². The van der Waals surface area contributed by atoms with Crippen molar-refractivity contribution in [2.45, 2.75) is 6.54 Å². The second kappa shape index (κ2) is 4.67. The molecule has 17 heavy (non-hydrogen) atoms. The molecule has 0 spiro atoms. The highest BCUT2D eigenvalue weighted by Crippen LogP contribution is 2.17. The number of nitrogens with two attached hydrogens (primary N) is 2. The molecule has 0 aliphatic heterocycles. The van der Waals surface area contributed by atoms with Crippen molar-refractivity contribution in [2.75, 3.05) is 11.1 Å². The number of nitrogens with zero attached hydrogens (tertiary/aromatic N) is 1. The topological polar surface area (TPSA) is 110 Å². The lowest BCUT2D eigenvalue weighted by molar-refractivity contribution is 1.07. The van der Waals surface area contributed by atoms with E-state index in [9.17, 15) is 4.79 Å². The van der Waals surface area contributed by atoms with E-state index in [4.69, 9.17) is 11.5 Å². The Morgan fingerprint density at radius 1 is 1.41 bits per heavy atom. The molecule has 6 N–H and O–H groups in total. The minimum atomic E-state index is -0.363. The van der Waals surface area contributed by atoms with Gasteiger partial charge in [0.25, 0.3) is 5.56 Å². The zero-order chi connectivity index (χ0) is 12.3.